The van der Waals surface area contributed by atoms with Gasteiger partial charge in [-0.2, -0.15) is 0 Å². The third-order valence-electron chi connectivity index (χ3n) is 8.18. The molecule has 0 aromatic carbocycles. The van der Waals surface area contributed by atoms with E-state index in [1.807, 2.05) is 13.0 Å². The summed E-state index contributed by atoms with van der Waals surface area (Å²) in [6, 6.07) is 0. The summed E-state index contributed by atoms with van der Waals surface area (Å²) in [4.78, 5) is 23.4. The predicted molar refractivity (Wildman–Crippen MR) is 145 cm³/mol. The van der Waals surface area contributed by atoms with Crippen molar-refractivity contribution in [1.29, 1.82) is 0 Å². The molecule has 7 atom stereocenters. The van der Waals surface area contributed by atoms with Crippen molar-refractivity contribution in [2.24, 2.45) is 11.8 Å². The van der Waals surface area contributed by atoms with Crippen LogP contribution in [0.1, 0.15) is 104 Å². The average molecular weight is 541 g/mol. The van der Waals surface area contributed by atoms with Gasteiger partial charge in [0.1, 0.15) is 12.2 Å². The van der Waals surface area contributed by atoms with E-state index >= 15 is 0 Å². The molecule has 220 valence electrons. The van der Waals surface area contributed by atoms with Crippen LogP contribution in [0.4, 0.5) is 0 Å². The van der Waals surface area contributed by atoms with Crippen LogP contribution < -0.4 is 0 Å². The van der Waals surface area contributed by atoms with Gasteiger partial charge in [0.25, 0.3) is 0 Å². The van der Waals surface area contributed by atoms with Crippen molar-refractivity contribution in [1.82, 2.24) is 0 Å². The first-order valence-corrected chi connectivity index (χ1v) is 14.7. The molecule has 1 saturated carbocycles. The van der Waals surface area contributed by atoms with Crippen LogP contribution in [-0.4, -0.2) is 68.1 Å². The Labute approximate surface area is 229 Å². The second-order valence-corrected chi connectivity index (χ2v) is 11.1. The second kappa shape index (κ2) is 17.3. The maximum atomic E-state index is 12.0. The Morgan fingerprint density at radius 3 is 2.50 bits per heavy atom. The van der Waals surface area contributed by atoms with Gasteiger partial charge in [0, 0.05) is 45.3 Å². The molecule has 8 nitrogen and oxygen atoms in total. The van der Waals surface area contributed by atoms with Crippen molar-refractivity contribution in [2.45, 2.75) is 134 Å². The van der Waals surface area contributed by atoms with Crippen molar-refractivity contribution in [3.05, 3.63) is 12.2 Å². The van der Waals surface area contributed by atoms with E-state index in [1.165, 1.54) is 14.0 Å². The Morgan fingerprint density at radius 1 is 1.11 bits per heavy atom. The Kier molecular flexibility index (Phi) is 14.9. The largest absolute Gasteiger partial charge is 0.469 e. The SMILES string of the molecule is CCCCC(C)(OC)C(O)/C=C/[C@@H]1[C@@H](CCCCCCC(=O)OC)[C@@H](OC(C)=O)C[C@H]1OC1CCCCO1. The zero-order valence-corrected chi connectivity index (χ0v) is 24.3. The standard InChI is InChI=1S/C30H52O8/c1-6-7-19-30(3,35-5)27(32)18-17-24-23(14-10-8-9-11-15-28(33)34-4)25(37-22(2)31)21-26(24)38-29-16-12-13-20-36-29/h17-18,23-27,29,32H,6-16,19-21H2,1-5H3/b18-17+/t23-,24-,25+,26-,27?,29?,30?/m1/s1. The summed E-state index contributed by atoms with van der Waals surface area (Å²) in [5.74, 6) is -0.420. The fraction of sp³-hybridized carbons (Fsp3) is 0.867. The molecule has 1 aliphatic heterocycles. The van der Waals surface area contributed by atoms with Crippen molar-refractivity contribution in [3.63, 3.8) is 0 Å². The topological polar surface area (TPSA) is 101 Å². The molecule has 1 saturated heterocycles. The van der Waals surface area contributed by atoms with E-state index in [1.54, 1.807) is 7.11 Å². The summed E-state index contributed by atoms with van der Waals surface area (Å²) in [5, 5.41) is 11.1. The molecule has 1 N–H and O–H groups in total. The molecule has 38 heavy (non-hydrogen) atoms. The molecular weight excluding hydrogens is 488 g/mol. The first kappa shape index (κ1) is 32.7. The van der Waals surface area contributed by atoms with Crippen molar-refractivity contribution < 1.29 is 38.4 Å². The highest BCUT2D eigenvalue weighted by Gasteiger charge is 2.45. The molecular formula is C30H52O8. The van der Waals surface area contributed by atoms with E-state index in [4.69, 9.17) is 23.7 Å². The summed E-state index contributed by atoms with van der Waals surface area (Å²) in [6.07, 6.45) is 13.8. The highest BCUT2D eigenvalue weighted by atomic mass is 16.7. The van der Waals surface area contributed by atoms with Crippen molar-refractivity contribution in [3.8, 4) is 0 Å². The normalized spacial score (nSPS) is 28.2. The monoisotopic (exact) mass is 540 g/mol. The minimum atomic E-state index is -0.766. The minimum Gasteiger partial charge on any atom is -0.469 e. The molecule has 2 rings (SSSR count). The van der Waals surface area contributed by atoms with E-state index in [-0.39, 0.29) is 42.3 Å². The number of aliphatic hydroxyl groups is 1. The highest BCUT2D eigenvalue weighted by molar-refractivity contribution is 5.69. The Bertz CT molecular complexity index is 719. The Balaban J connectivity index is 2.16. The first-order chi connectivity index (χ1) is 18.2. The molecule has 1 aliphatic carbocycles. The van der Waals surface area contributed by atoms with Gasteiger partial charge in [-0.1, -0.05) is 51.2 Å². The molecule has 0 bridgehead atoms. The van der Waals surface area contributed by atoms with Crippen LogP contribution in [0.3, 0.4) is 0 Å². The van der Waals surface area contributed by atoms with Crippen molar-refractivity contribution in [2.75, 3.05) is 20.8 Å². The molecule has 2 aliphatic rings. The van der Waals surface area contributed by atoms with Gasteiger partial charge < -0.3 is 28.8 Å². The quantitative estimate of drug-likeness (QED) is 0.147. The smallest absolute Gasteiger partial charge is 0.305 e. The van der Waals surface area contributed by atoms with Gasteiger partial charge in [-0.25, -0.2) is 0 Å². The Hall–Kier alpha value is -1.48. The molecule has 0 aromatic heterocycles. The van der Waals surface area contributed by atoms with Gasteiger partial charge in [0.15, 0.2) is 6.29 Å². The van der Waals surface area contributed by atoms with Gasteiger partial charge in [0.05, 0.1) is 18.8 Å². The maximum absolute atomic E-state index is 12.0. The molecule has 0 aromatic rings. The molecule has 8 heteroatoms. The van der Waals surface area contributed by atoms with Crippen LogP contribution in [-0.2, 0) is 33.3 Å². The zero-order chi connectivity index (χ0) is 28.0. The lowest BCUT2D eigenvalue weighted by atomic mass is 9.86. The van der Waals surface area contributed by atoms with E-state index < -0.39 is 11.7 Å². The molecule has 0 spiro atoms. The van der Waals surface area contributed by atoms with Gasteiger partial charge >= 0.3 is 11.9 Å². The number of rotatable bonds is 17. The van der Waals surface area contributed by atoms with E-state index in [9.17, 15) is 14.7 Å². The average Bonchev–Trinajstić information content (AvgIpc) is 3.22. The zero-order valence-electron chi connectivity index (χ0n) is 24.3. The van der Waals surface area contributed by atoms with Crippen LogP contribution in [0.5, 0.6) is 0 Å². The van der Waals surface area contributed by atoms with Gasteiger partial charge in [0.2, 0.25) is 0 Å². The van der Waals surface area contributed by atoms with Crippen LogP contribution in [0, 0.1) is 11.8 Å². The maximum Gasteiger partial charge on any atom is 0.305 e. The lowest BCUT2D eigenvalue weighted by Gasteiger charge is -2.33. The van der Waals surface area contributed by atoms with Crippen molar-refractivity contribution >= 4 is 11.9 Å². The van der Waals surface area contributed by atoms with Gasteiger partial charge in [-0.3, -0.25) is 9.59 Å². The van der Waals surface area contributed by atoms with Crippen LogP contribution in [0.25, 0.3) is 0 Å². The fourth-order valence-electron chi connectivity index (χ4n) is 5.68. The number of esters is 2. The molecule has 0 radical (unpaired) electrons. The lowest BCUT2D eigenvalue weighted by molar-refractivity contribution is -0.193. The fourth-order valence-corrected chi connectivity index (χ4v) is 5.68. The molecule has 0 amide bonds. The number of unbranched alkanes of at least 4 members (excludes halogenated alkanes) is 4. The Morgan fingerprint density at radius 2 is 1.87 bits per heavy atom. The number of hydrogen-bond acceptors (Lipinski definition) is 8. The predicted octanol–water partition coefficient (Wildman–Crippen LogP) is 5.49. The third-order valence-corrected chi connectivity index (χ3v) is 8.18. The van der Waals surface area contributed by atoms with E-state index in [0.29, 0.717) is 19.4 Å². The first-order valence-electron chi connectivity index (χ1n) is 14.7. The van der Waals surface area contributed by atoms with E-state index in [2.05, 4.69) is 13.0 Å². The highest BCUT2D eigenvalue weighted by Crippen LogP contribution is 2.42. The summed E-state index contributed by atoms with van der Waals surface area (Å²) in [6.45, 7) is 6.22. The number of ether oxygens (including phenoxy) is 5. The van der Waals surface area contributed by atoms with E-state index in [0.717, 1.165) is 70.6 Å². The molecule has 1 heterocycles. The van der Waals surface area contributed by atoms with Crippen LogP contribution >= 0.6 is 0 Å². The third kappa shape index (κ3) is 10.6. The van der Waals surface area contributed by atoms with Crippen LogP contribution in [0.2, 0.25) is 0 Å². The number of carbonyl (C=O) groups excluding carboxylic acids is 2. The number of carbonyl (C=O) groups is 2. The van der Waals surface area contributed by atoms with Gasteiger partial charge in [-0.15, -0.1) is 0 Å². The minimum absolute atomic E-state index is 0.0260. The summed E-state index contributed by atoms with van der Waals surface area (Å²) >= 11 is 0. The second-order valence-electron chi connectivity index (χ2n) is 11.1. The summed E-state index contributed by atoms with van der Waals surface area (Å²) in [7, 11) is 3.06. The lowest BCUT2D eigenvalue weighted by Crippen LogP contribution is -2.40. The molecule has 2 fully saturated rings. The summed E-state index contributed by atoms with van der Waals surface area (Å²) < 4.78 is 28.6. The number of aliphatic hydroxyl groups excluding tert-OH is 1. The van der Waals surface area contributed by atoms with Gasteiger partial charge in [-0.05, 0) is 45.4 Å². The number of hydrogen-bond donors (Lipinski definition) is 1. The number of methoxy groups -OCH3 is 2. The summed E-state index contributed by atoms with van der Waals surface area (Å²) in [5.41, 5.74) is -0.668. The molecule has 3 unspecified atom stereocenters. The van der Waals surface area contributed by atoms with Crippen LogP contribution in [0.15, 0.2) is 12.2 Å².